The van der Waals surface area contributed by atoms with Crippen molar-refractivity contribution in [3.63, 3.8) is 0 Å². The summed E-state index contributed by atoms with van der Waals surface area (Å²) in [6.45, 7) is 2.00. The van der Waals surface area contributed by atoms with E-state index >= 15 is 0 Å². The Hall–Kier alpha value is -2.87. The molecule has 0 bridgehead atoms. The van der Waals surface area contributed by atoms with Crippen molar-refractivity contribution in [1.82, 2.24) is 0 Å². The topological polar surface area (TPSA) is 29.1 Å². The summed E-state index contributed by atoms with van der Waals surface area (Å²) in [6.07, 6.45) is 0. The molecular formula is C21H19NO. The summed E-state index contributed by atoms with van der Waals surface area (Å²) in [4.78, 5) is 13.0. The molecule has 0 aliphatic carbocycles. The molecule has 0 unspecified atom stereocenters. The maximum atomic E-state index is 13.0. The molecule has 3 rings (SSSR count). The van der Waals surface area contributed by atoms with Crippen LogP contribution in [0.2, 0.25) is 0 Å². The first-order chi connectivity index (χ1) is 11.3. The number of hydrogen-bond acceptors (Lipinski definition) is 1. The van der Waals surface area contributed by atoms with Gasteiger partial charge in [0, 0.05) is 5.69 Å². The highest BCUT2D eigenvalue weighted by Gasteiger charge is 2.22. The van der Waals surface area contributed by atoms with Crippen LogP contribution in [0.5, 0.6) is 0 Å². The van der Waals surface area contributed by atoms with Gasteiger partial charge < -0.3 is 5.32 Å². The molecule has 0 saturated carbocycles. The standard InChI is InChI=1S/C21H19NO/c1-16-10-8-9-15-19(16)22-21(23)20(17-11-4-2-5-12-17)18-13-6-3-7-14-18/h2-15,20H,1H3,(H,22,23). The minimum Gasteiger partial charge on any atom is -0.325 e. The second-order valence-electron chi connectivity index (χ2n) is 5.56. The van der Waals surface area contributed by atoms with Crippen LogP contribution in [0, 0.1) is 6.92 Å². The maximum Gasteiger partial charge on any atom is 0.236 e. The summed E-state index contributed by atoms with van der Waals surface area (Å²) in [6, 6.07) is 27.6. The number of carbonyl (C=O) groups excluding carboxylic acids is 1. The largest absolute Gasteiger partial charge is 0.325 e. The van der Waals surface area contributed by atoms with E-state index in [-0.39, 0.29) is 11.8 Å². The predicted octanol–water partition coefficient (Wildman–Crippen LogP) is 4.77. The highest BCUT2D eigenvalue weighted by Crippen LogP contribution is 2.26. The molecule has 23 heavy (non-hydrogen) atoms. The zero-order chi connectivity index (χ0) is 16.1. The van der Waals surface area contributed by atoms with Crippen molar-refractivity contribution in [2.75, 3.05) is 5.32 Å². The lowest BCUT2D eigenvalue weighted by molar-refractivity contribution is -0.116. The molecule has 114 valence electrons. The lowest BCUT2D eigenvalue weighted by Crippen LogP contribution is -2.22. The van der Waals surface area contributed by atoms with E-state index in [9.17, 15) is 4.79 Å². The molecule has 1 amide bonds. The molecule has 2 heteroatoms. The lowest BCUT2D eigenvalue weighted by Gasteiger charge is -2.18. The zero-order valence-electron chi connectivity index (χ0n) is 13.1. The van der Waals surface area contributed by atoms with Gasteiger partial charge in [0.05, 0.1) is 5.92 Å². The number of rotatable bonds is 4. The van der Waals surface area contributed by atoms with Gasteiger partial charge in [-0.1, -0.05) is 78.9 Å². The van der Waals surface area contributed by atoms with Crippen molar-refractivity contribution >= 4 is 11.6 Å². The van der Waals surface area contributed by atoms with Crippen molar-refractivity contribution in [2.24, 2.45) is 0 Å². The molecule has 0 aliphatic rings. The fourth-order valence-electron chi connectivity index (χ4n) is 2.70. The summed E-state index contributed by atoms with van der Waals surface area (Å²) < 4.78 is 0. The van der Waals surface area contributed by atoms with Crippen LogP contribution >= 0.6 is 0 Å². The van der Waals surface area contributed by atoms with E-state index in [2.05, 4.69) is 5.32 Å². The highest BCUT2D eigenvalue weighted by molar-refractivity contribution is 5.98. The molecule has 0 saturated heterocycles. The first-order valence-electron chi connectivity index (χ1n) is 7.72. The van der Waals surface area contributed by atoms with Gasteiger partial charge in [0.15, 0.2) is 0 Å². The molecule has 2 nitrogen and oxygen atoms in total. The predicted molar refractivity (Wildman–Crippen MR) is 94.5 cm³/mol. The number of para-hydroxylation sites is 1. The Kier molecular flexibility index (Phi) is 4.53. The monoisotopic (exact) mass is 301 g/mol. The minimum atomic E-state index is -0.322. The van der Waals surface area contributed by atoms with E-state index in [1.165, 1.54) is 0 Å². The van der Waals surface area contributed by atoms with Gasteiger partial charge in [0.1, 0.15) is 0 Å². The van der Waals surface area contributed by atoms with Gasteiger partial charge in [-0.05, 0) is 29.7 Å². The van der Waals surface area contributed by atoms with Crippen LogP contribution in [-0.4, -0.2) is 5.91 Å². The first-order valence-corrected chi connectivity index (χ1v) is 7.72. The summed E-state index contributed by atoms with van der Waals surface area (Å²) in [7, 11) is 0. The third-order valence-electron chi connectivity index (χ3n) is 3.93. The van der Waals surface area contributed by atoms with Crippen molar-refractivity contribution < 1.29 is 4.79 Å². The molecule has 0 spiro atoms. The second-order valence-corrected chi connectivity index (χ2v) is 5.56. The van der Waals surface area contributed by atoms with Gasteiger partial charge in [-0.15, -0.1) is 0 Å². The Morgan fingerprint density at radius 3 is 1.74 bits per heavy atom. The quantitative estimate of drug-likeness (QED) is 0.739. The van der Waals surface area contributed by atoms with Crippen LogP contribution in [-0.2, 0) is 4.79 Å². The minimum absolute atomic E-state index is 0.0169. The average Bonchev–Trinajstić information content (AvgIpc) is 2.59. The van der Waals surface area contributed by atoms with Crippen LogP contribution in [0.1, 0.15) is 22.6 Å². The van der Waals surface area contributed by atoms with Crippen molar-refractivity contribution in [2.45, 2.75) is 12.8 Å². The normalized spacial score (nSPS) is 10.5. The first kappa shape index (κ1) is 15.0. The molecular weight excluding hydrogens is 282 g/mol. The molecule has 0 heterocycles. The van der Waals surface area contributed by atoms with Crippen molar-refractivity contribution in [3.05, 3.63) is 102 Å². The second kappa shape index (κ2) is 6.93. The molecule has 0 atom stereocenters. The number of nitrogens with one attached hydrogen (secondary N) is 1. The van der Waals surface area contributed by atoms with Crippen LogP contribution in [0.25, 0.3) is 0 Å². The number of benzene rings is 3. The van der Waals surface area contributed by atoms with E-state index in [0.29, 0.717) is 0 Å². The number of hydrogen-bond donors (Lipinski definition) is 1. The summed E-state index contributed by atoms with van der Waals surface area (Å²) in [5.74, 6) is -0.339. The average molecular weight is 301 g/mol. The van der Waals surface area contributed by atoms with E-state index in [1.807, 2.05) is 91.9 Å². The van der Waals surface area contributed by atoms with Gasteiger partial charge in [0.2, 0.25) is 5.91 Å². The van der Waals surface area contributed by atoms with E-state index in [1.54, 1.807) is 0 Å². The van der Waals surface area contributed by atoms with Gasteiger partial charge in [0.25, 0.3) is 0 Å². The van der Waals surface area contributed by atoms with Gasteiger partial charge >= 0.3 is 0 Å². The SMILES string of the molecule is Cc1ccccc1NC(=O)C(c1ccccc1)c1ccccc1. The van der Waals surface area contributed by atoms with Gasteiger partial charge in [-0.25, -0.2) is 0 Å². The molecule has 0 aliphatic heterocycles. The van der Waals surface area contributed by atoms with Crippen LogP contribution in [0.4, 0.5) is 5.69 Å². The van der Waals surface area contributed by atoms with E-state index in [4.69, 9.17) is 0 Å². The third-order valence-corrected chi connectivity index (χ3v) is 3.93. The van der Waals surface area contributed by atoms with Crippen LogP contribution in [0.15, 0.2) is 84.9 Å². The Morgan fingerprint density at radius 1 is 0.739 bits per heavy atom. The molecule has 0 aromatic heterocycles. The number of carbonyl (C=O) groups is 1. The molecule has 0 fully saturated rings. The van der Waals surface area contributed by atoms with Gasteiger partial charge in [-0.3, -0.25) is 4.79 Å². The lowest BCUT2D eigenvalue weighted by atomic mass is 9.90. The fourth-order valence-corrected chi connectivity index (χ4v) is 2.70. The summed E-state index contributed by atoms with van der Waals surface area (Å²) in [5, 5.41) is 3.07. The smallest absolute Gasteiger partial charge is 0.236 e. The van der Waals surface area contributed by atoms with Crippen LogP contribution < -0.4 is 5.32 Å². The zero-order valence-corrected chi connectivity index (χ0v) is 13.1. The molecule has 3 aromatic carbocycles. The Labute approximate surface area is 136 Å². The summed E-state index contributed by atoms with van der Waals surface area (Å²) in [5.41, 5.74) is 3.89. The third kappa shape index (κ3) is 3.49. The molecule has 3 aromatic rings. The van der Waals surface area contributed by atoms with Crippen molar-refractivity contribution in [3.8, 4) is 0 Å². The van der Waals surface area contributed by atoms with Crippen molar-refractivity contribution in [1.29, 1.82) is 0 Å². The van der Waals surface area contributed by atoms with Gasteiger partial charge in [-0.2, -0.15) is 0 Å². The van der Waals surface area contributed by atoms with E-state index in [0.717, 1.165) is 22.4 Å². The Bertz CT molecular complexity index is 742. The maximum absolute atomic E-state index is 13.0. The Balaban J connectivity index is 1.96. The molecule has 0 radical (unpaired) electrons. The number of amides is 1. The van der Waals surface area contributed by atoms with Crippen LogP contribution in [0.3, 0.4) is 0 Å². The Morgan fingerprint density at radius 2 is 1.22 bits per heavy atom. The fraction of sp³-hybridized carbons (Fsp3) is 0.0952. The van der Waals surface area contributed by atoms with E-state index < -0.39 is 0 Å². The summed E-state index contributed by atoms with van der Waals surface area (Å²) >= 11 is 0. The number of anilines is 1. The highest BCUT2D eigenvalue weighted by atomic mass is 16.1. The number of aryl methyl sites for hydroxylation is 1. The molecule has 1 N–H and O–H groups in total.